The van der Waals surface area contributed by atoms with Gasteiger partial charge in [0.05, 0.1) is 67.0 Å². The van der Waals surface area contributed by atoms with Crippen molar-refractivity contribution in [3.63, 3.8) is 0 Å². The Balaban J connectivity index is 0.000000630. The number of nitrogens with zero attached hydrogens (tertiary/aromatic N) is 6. The lowest BCUT2D eigenvalue weighted by Crippen LogP contribution is -2.14. The second-order valence-electron chi connectivity index (χ2n) is 12.3. The quantitative estimate of drug-likeness (QED) is 0.0161. The summed E-state index contributed by atoms with van der Waals surface area (Å²) in [6.45, 7) is 13.4. The largest absolute Gasteiger partial charge is 0.475 e. The van der Waals surface area contributed by atoms with Gasteiger partial charge in [-0.3, -0.25) is 59.1 Å². The Bertz CT molecular complexity index is 5040. The molecule has 6 aromatic carbocycles. The smallest absolute Gasteiger partial charge is 0.377 e. The lowest BCUT2D eigenvalue weighted by Gasteiger charge is -1.96. The van der Waals surface area contributed by atoms with Crippen LogP contribution in [0, 0.1) is 54.8 Å². The van der Waals surface area contributed by atoms with E-state index in [4.69, 9.17) is 81.9 Å². The first-order valence-corrected chi connectivity index (χ1v) is 18.9. The number of hydrogen-bond donors (Lipinski definition) is 6. The van der Waals surface area contributed by atoms with Crippen LogP contribution in [0.2, 0.25) is 0 Å². The summed E-state index contributed by atoms with van der Waals surface area (Å²) in [5, 5.41) is 91.6. The number of Topliss-reactive ketones (excluding diaryl/α,β-unsaturated/α-hetero) is 6. The average molecular weight is 1140 g/mol. The van der Waals surface area contributed by atoms with Gasteiger partial charge in [0, 0.05) is 63.5 Å². The van der Waals surface area contributed by atoms with Crippen molar-refractivity contribution in [3.8, 4) is 6.07 Å². The van der Waals surface area contributed by atoms with Crippen LogP contribution in [0.4, 0.5) is 28.4 Å². The van der Waals surface area contributed by atoms with E-state index in [1.54, 1.807) is 0 Å². The van der Waals surface area contributed by atoms with Gasteiger partial charge in [-0.05, 0) is 36.3 Å². The molecule has 0 heterocycles. The maximum atomic E-state index is 11.3. The first-order valence-electron chi connectivity index (χ1n) is 30.9. The van der Waals surface area contributed by atoms with Crippen molar-refractivity contribution < 1.29 is 136 Å². The molecule has 0 bridgehead atoms. The van der Waals surface area contributed by atoms with Crippen LogP contribution in [0.3, 0.4) is 0 Å². The molecule has 0 radical (unpaired) electrons. The lowest BCUT2D eigenvalue weighted by molar-refractivity contribution is -0.385. The van der Waals surface area contributed by atoms with Gasteiger partial charge in [0.15, 0.2) is 11.4 Å². The maximum absolute atomic E-state index is 11.3. The molecule has 6 rings (SSSR count). The Hall–Kier alpha value is -13.2. The number of carbonyl (C=O) groups excluding carboxylic acids is 6. The van der Waals surface area contributed by atoms with E-state index in [2.05, 4.69) is 9.69 Å². The van der Waals surface area contributed by atoms with Gasteiger partial charge in [0.25, 0.3) is 51.8 Å². The molecule has 0 aliphatic heterocycles. The van der Waals surface area contributed by atoms with Crippen LogP contribution in [-0.4, -0.2) is 116 Å². The van der Waals surface area contributed by atoms with E-state index in [1.807, 2.05) is 0 Å². The molecule has 0 fully saturated rings. The number of carboxylic acids is 6. The van der Waals surface area contributed by atoms with E-state index in [9.17, 15) is 87.9 Å². The van der Waals surface area contributed by atoms with Gasteiger partial charge >= 0.3 is 35.8 Å². The molecule has 6 N–H and O–H groups in total. The Labute approximate surface area is 483 Å². The third-order valence-electron chi connectivity index (χ3n) is 7.21. The number of nitro groups is 3. The van der Waals surface area contributed by atoms with Gasteiger partial charge in [-0.1, -0.05) is 78.6 Å². The summed E-state index contributed by atoms with van der Waals surface area (Å²) in [6.07, 6.45) is 0. The van der Waals surface area contributed by atoms with Crippen molar-refractivity contribution in [1.29, 1.82) is 5.26 Å². The van der Waals surface area contributed by atoms with Crippen molar-refractivity contribution in [1.82, 2.24) is 0 Å². The highest BCUT2D eigenvalue weighted by Gasteiger charge is 2.24. The number of benzene rings is 6. The van der Waals surface area contributed by atoms with Crippen molar-refractivity contribution in [2.24, 2.45) is 0 Å². The van der Waals surface area contributed by atoms with E-state index in [0.29, 0.717) is 0 Å². The van der Waals surface area contributed by atoms with Gasteiger partial charge < -0.3 is 30.6 Å². The molecule has 0 unspecified atom stereocenters. The van der Waals surface area contributed by atoms with Gasteiger partial charge in [-0.15, -0.1) is 0 Å². The van der Waals surface area contributed by atoms with Crippen LogP contribution < -0.4 is 0 Å². The van der Waals surface area contributed by atoms with Gasteiger partial charge in [0.1, 0.15) is 5.56 Å². The molecule has 408 valence electrons. The van der Waals surface area contributed by atoms with E-state index in [1.165, 1.54) is 6.07 Å². The van der Waals surface area contributed by atoms with Crippen LogP contribution >= 0.6 is 0 Å². The molecule has 0 aliphatic carbocycles. The van der Waals surface area contributed by atoms with Crippen LogP contribution in [0.5, 0.6) is 0 Å². The average Bonchev–Trinajstić information content (AvgIpc) is 0.810. The number of nitro benzene ring substituents is 3. The fourth-order valence-electron chi connectivity index (χ4n) is 3.84. The normalized spacial score (nSPS) is 13.3. The fraction of sp³-hybridized carbons (Fsp3) is 0. The number of ketones is 6. The molecular weight excluding hydrogens is 1090 g/mol. The summed E-state index contributed by atoms with van der Waals surface area (Å²) >= 11 is 0. The molecule has 0 saturated carbocycles. The third-order valence-corrected chi connectivity index (χ3v) is 7.21. The molecule has 0 atom stereocenters. The summed E-state index contributed by atoms with van der Waals surface area (Å²) in [6, 6.07) is -19.9. The zero-order valence-corrected chi connectivity index (χ0v) is 38.2. The molecule has 0 aliphatic rings. The minimum atomic E-state index is -2.04. The molecular formula is C51H30N6O24. The predicted molar refractivity (Wildman–Crippen MR) is 268 cm³/mol. The minimum Gasteiger partial charge on any atom is -0.475 e. The number of hydrogen-bond acceptors (Lipinski definition) is 19. The van der Waals surface area contributed by atoms with Crippen molar-refractivity contribution in [3.05, 3.63) is 237 Å². The summed E-state index contributed by atoms with van der Waals surface area (Å²) in [4.78, 5) is 164. The zero-order chi connectivity index (χ0) is 82.6. The topological polar surface area (TPSA) is 488 Å². The predicted octanol–water partition coefficient (Wildman–Crippen LogP) is 6.42. The molecule has 0 spiro atoms. The van der Waals surface area contributed by atoms with Gasteiger partial charge in [-0.2, -0.15) is 5.26 Å². The Morgan fingerprint density at radius 2 is 0.778 bits per heavy atom. The Morgan fingerprint density at radius 3 is 1.19 bits per heavy atom. The Kier molecular flexibility index (Phi) is 14.3. The third kappa shape index (κ3) is 21.3. The highest BCUT2D eigenvalue weighted by Crippen LogP contribution is 2.19. The number of aliphatic carboxylic acids is 6. The van der Waals surface area contributed by atoms with E-state index >= 15 is 0 Å². The molecule has 0 amide bonds. The summed E-state index contributed by atoms with van der Waals surface area (Å²) in [7, 11) is 0. The van der Waals surface area contributed by atoms with Crippen LogP contribution in [0.1, 0.15) is 101 Å². The maximum Gasteiger partial charge on any atom is 0.377 e. The van der Waals surface area contributed by atoms with E-state index < -0.39 is 298 Å². The molecule has 6 aromatic rings. The second-order valence-corrected chi connectivity index (χ2v) is 12.3. The van der Waals surface area contributed by atoms with Crippen molar-refractivity contribution >= 4 is 99.0 Å². The molecule has 0 saturated heterocycles. The lowest BCUT2D eigenvalue weighted by atomic mass is 10.1. The molecule has 30 heteroatoms. The van der Waals surface area contributed by atoms with Crippen LogP contribution in [-0.2, 0) is 28.8 Å². The molecule has 81 heavy (non-hydrogen) atoms. The number of carbonyl (C=O) groups is 12. The zero-order valence-electron chi connectivity index (χ0n) is 62.2. The number of carboxylic acid groups (broad SMARTS) is 6. The molecule has 30 nitrogen and oxygen atoms in total. The van der Waals surface area contributed by atoms with Crippen LogP contribution in [0.15, 0.2) is 145 Å². The summed E-state index contributed by atoms with van der Waals surface area (Å²) in [5.74, 6) is -21.3. The monoisotopic (exact) mass is 1140 g/mol. The fourth-order valence-corrected chi connectivity index (χ4v) is 3.84. The Morgan fingerprint density at radius 1 is 0.407 bits per heavy atom. The van der Waals surface area contributed by atoms with E-state index in [-0.39, 0.29) is 0 Å². The highest BCUT2D eigenvalue weighted by atomic mass is 16.6. The number of rotatable bonds is 15. The summed E-state index contributed by atoms with van der Waals surface area (Å²) in [5.41, 5.74) is -11.0. The highest BCUT2D eigenvalue weighted by molar-refractivity contribution is 6.42. The summed E-state index contributed by atoms with van der Waals surface area (Å²) < 4.78 is 175. The second kappa shape index (κ2) is 32.2. The number of nitriles is 1. The van der Waals surface area contributed by atoms with Crippen LogP contribution in [0.25, 0.3) is 9.69 Å². The standard InChI is InChI=1S/3C9H5NO3.3C8H5NO5/c1-10-7-4-2-6(3-5-7)8(11)9(12)13;1-10-7-4-2-3-6(5-7)8(11)9(12)13;10-5-6-3-1-2-4-7(6)8(11)9(12)13;10-7(8(11)12)5-1-3-6(4-2-5)9(13)14;10-7(8(11)12)5-2-1-3-6(4-5)9(13)14;10-7(8(11)12)5-3-1-2-4-6(5)9(13)14/h2*2-5H,(H,12,13);1-4H,(H,12,13);3*1-4H,(H,11,12)/i2*2D,3D,4D,5D,8+1;1D,2D,3D,4D,8+1;3*1D,2D,3D,4D,7+1. The number of para-hydroxylation sites is 1. The molecule has 0 aromatic heterocycles. The van der Waals surface area contributed by atoms with Crippen molar-refractivity contribution in [2.45, 2.75) is 0 Å². The SMILES string of the molecule is [2H]c1c([2H])c([13C](=O)C(=O)O)c([2H])c([2H])c1[N+]#[C-].[2H]c1c([2H])c([13C](=O)C(=O)O)c([2H])c([N+](=O)[O-])c1[2H].[2H]c1c([2H])c([2H])c([13C](=O)C(=O)O)c(C#N)c1[2H].[2H]c1c([2H])c([2H])c([N+](=O)[O-])c([13C](=O)C(=O)O)c1[2H].[2H]c1c([2H])c([N+]#[C-])c([2H])c([13C](=O)C(=O)O)c1[2H].[2H]c1c([2H])c([N+](=O)[O-])c([2H])c([2H])c1[13C](=O)C(=O)O. The first kappa shape index (κ1) is 35.9. The van der Waals surface area contributed by atoms with Gasteiger partial charge in [-0.25, -0.2) is 38.5 Å². The van der Waals surface area contributed by atoms with Gasteiger partial charge in [0.2, 0.25) is 0 Å². The van der Waals surface area contributed by atoms with Crippen molar-refractivity contribution in [2.75, 3.05) is 0 Å². The minimum absolute atomic E-state index is 0.540. The van der Waals surface area contributed by atoms with E-state index in [0.717, 1.165) is 0 Å². The first-order chi connectivity index (χ1) is 48.1.